The molecule has 0 fully saturated rings. The molecular formula is C14H15FN2O. The minimum Gasteiger partial charge on any atom is -0.298 e. The smallest absolute Gasteiger partial charge is 0.153 e. The van der Waals surface area contributed by atoms with Gasteiger partial charge in [-0.2, -0.15) is 5.10 Å². The van der Waals surface area contributed by atoms with Crippen LogP contribution in [-0.4, -0.2) is 16.1 Å². The van der Waals surface area contributed by atoms with Crippen LogP contribution in [0.2, 0.25) is 0 Å². The third-order valence-corrected chi connectivity index (χ3v) is 2.76. The lowest BCUT2D eigenvalue weighted by Crippen LogP contribution is -1.98. The SMILES string of the molecule is CCCCn1cc(C=O)c(-c2cccc(F)c2)n1. The summed E-state index contributed by atoms with van der Waals surface area (Å²) >= 11 is 0. The number of halogens is 1. The van der Waals surface area contributed by atoms with Crippen LogP contribution in [0.25, 0.3) is 11.3 Å². The molecule has 0 amide bonds. The minimum atomic E-state index is -0.326. The molecule has 0 spiro atoms. The normalized spacial score (nSPS) is 10.6. The van der Waals surface area contributed by atoms with E-state index in [9.17, 15) is 9.18 Å². The number of carbonyl (C=O) groups is 1. The fourth-order valence-corrected chi connectivity index (χ4v) is 1.82. The molecule has 1 aromatic heterocycles. The number of nitrogens with zero attached hydrogens (tertiary/aromatic N) is 2. The van der Waals surface area contributed by atoms with E-state index in [4.69, 9.17) is 0 Å². The molecule has 0 radical (unpaired) electrons. The lowest BCUT2D eigenvalue weighted by molar-refractivity contribution is 0.112. The zero-order valence-corrected chi connectivity index (χ0v) is 10.3. The van der Waals surface area contributed by atoms with E-state index in [-0.39, 0.29) is 5.82 Å². The van der Waals surface area contributed by atoms with Gasteiger partial charge in [-0.25, -0.2) is 4.39 Å². The summed E-state index contributed by atoms with van der Waals surface area (Å²) < 4.78 is 14.9. The standard InChI is InChI=1S/C14H15FN2O/c1-2-3-7-17-9-12(10-18)14(16-17)11-5-4-6-13(15)8-11/h4-6,8-10H,2-3,7H2,1H3. The second-order valence-electron chi connectivity index (χ2n) is 4.18. The molecule has 0 aliphatic carbocycles. The Hall–Kier alpha value is -1.97. The third-order valence-electron chi connectivity index (χ3n) is 2.76. The van der Waals surface area contributed by atoms with Crippen molar-refractivity contribution in [3.05, 3.63) is 41.8 Å². The van der Waals surface area contributed by atoms with Gasteiger partial charge in [0, 0.05) is 18.3 Å². The van der Waals surface area contributed by atoms with Crippen LogP contribution >= 0.6 is 0 Å². The first-order valence-corrected chi connectivity index (χ1v) is 6.03. The van der Waals surface area contributed by atoms with Crippen molar-refractivity contribution in [3.8, 4) is 11.3 Å². The molecule has 0 bridgehead atoms. The van der Waals surface area contributed by atoms with Crippen molar-refractivity contribution >= 4 is 6.29 Å². The number of unbranched alkanes of at least 4 members (excludes halogenated alkanes) is 1. The maximum Gasteiger partial charge on any atom is 0.153 e. The predicted octanol–water partition coefficient (Wildman–Crippen LogP) is 3.30. The Balaban J connectivity index is 2.37. The molecule has 4 heteroatoms. The summed E-state index contributed by atoms with van der Waals surface area (Å²) in [5, 5.41) is 4.35. The highest BCUT2D eigenvalue weighted by Gasteiger charge is 2.10. The van der Waals surface area contributed by atoms with Crippen molar-refractivity contribution in [1.82, 2.24) is 9.78 Å². The molecule has 0 saturated heterocycles. The summed E-state index contributed by atoms with van der Waals surface area (Å²) in [5.74, 6) is -0.326. The Labute approximate surface area is 105 Å². The maximum atomic E-state index is 13.2. The summed E-state index contributed by atoms with van der Waals surface area (Å²) in [5.41, 5.74) is 1.67. The van der Waals surface area contributed by atoms with E-state index in [0.717, 1.165) is 25.7 Å². The summed E-state index contributed by atoms with van der Waals surface area (Å²) in [6.45, 7) is 2.87. The molecule has 18 heavy (non-hydrogen) atoms. The van der Waals surface area contributed by atoms with E-state index in [1.165, 1.54) is 12.1 Å². The number of carbonyl (C=O) groups excluding carboxylic acids is 1. The Morgan fingerprint density at radius 1 is 1.44 bits per heavy atom. The largest absolute Gasteiger partial charge is 0.298 e. The maximum absolute atomic E-state index is 13.2. The number of benzene rings is 1. The highest BCUT2D eigenvalue weighted by atomic mass is 19.1. The van der Waals surface area contributed by atoms with Crippen molar-refractivity contribution in [2.75, 3.05) is 0 Å². The average Bonchev–Trinajstić information content (AvgIpc) is 2.79. The molecule has 2 aromatic rings. The zero-order chi connectivity index (χ0) is 13.0. The van der Waals surface area contributed by atoms with E-state index >= 15 is 0 Å². The van der Waals surface area contributed by atoms with Crippen molar-refractivity contribution in [2.45, 2.75) is 26.3 Å². The van der Waals surface area contributed by atoms with Crippen molar-refractivity contribution in [1.29, 1.82) is 0 Å². The van der Waals surface area contributed by atoms with Crippen LogP contribution in [0.4, 0.5) is 4.39 Å². The molecule has 0 atom stereocenters. The van der Waals surface area contributed by atoms with Gasteiger partial charge in [-0.3, -0.25) is 9.48 Å². The highest BCUT2D eigenvalue weighted by molar-refractivity contribution is 5.85. The van der Waals surface area contributed by atoms with E-state index in [2.05, 4.69) is 12.0 Å². The minimum absolute atomic E-state index is 0.326. The van der Waals surface area contributed by atoms with E-state index in [1.807, 2.05) is 0 Å². The fourth-order valence-electron chi connectivity index (χ4n) is 1.82. The molecule has 0 aliphatic rings. The molecule has 0 saturated carbocycles. The summed E-state index contributed by atoms with van der Waals surface area (Å²) in [4.78, 5) is 11.0. The van der Waals surface area contributed by atoms with Crippen LogP contribution in [-0.2, 0) is 6.54 Å². The number of aromatic nitrogens is 2. The van der Waals surface area contributed by atoms with Gasteiger partial charge in [0.05, 0.1) is 5.56 Å². The van der Waals surface area contributed by atoms with Gasteiger partial charge in [0.2, 0.25) is 0 Å². The van der Waals surface area contributed by atoms with Gasteiger partial charge < -0.3 is 0 Å². The van der Waals surface area contributed by atoms with Gasteiger partial charge in [-0.05, 0) is 18.6 Å². The molecule has 0 aliphatic heterocycles. The van der Waals surface area contributed by atoms with Crippen molar-refractivity contribution < 1.29 is 9.18 Å². The molecule has 0 unspecified atom stereocenters. The Kier molecular flexibility index (Phi) is 3.87. The Morgan fingerprint density at radius 2 is 2.28 bits per heavy atom. The first kappa shape index (κ1) is 12.5. The molecule has 2 rings (SSSR count). The molecule has 1 heterocycles. The first-order chi connectivity index (χ1) is 8.74. The topological polar surface area (TPSA) is 34.9 Å². The van der Waals surface area contributed by atoms with Gasteiger partial charge in [0.1, 0.15) is 11.5 Å². The van der Waals surface area contributed by atoms with Crippen LogP contribution < -0.4 is 0 Å². The quantitative estimate of drug-likeness (QED) is 0.759. The number of hydrogen-bond donors (Lipinski definition) is 0. The molecule has 0 N–H and O–H groups in total. The highest BCUT2D eigenvalue weighted by Crippen LogP contribution is 2.21. The Morgan fingerprint density at radius 3 is 2.94 bits per heavy atom. The van der Waals surface area contributed by atoms with Crippen LogP contribution in [0.3, 0.4) is 0 Å². The molecular weight excluding hydrogens is 231 g/mol. The summed E-state index contributed by atoms with van der Waals surface area (Å²) in [7, 11) is 0. The fraction of sp³-hybridized carbons (Fsp3) is 0.286. The second-order valence-corrected chi connectivity index (χ2v) is 4.18. The third kappa shape index (κ3) is 2.64. The zero-order valence-electron chi connectivity index (χ0n) is 10.3. The van der Waals surface area contributed by atoms with Gasteiger partial charge in [0.15, 0.2) is 6.29 Å². The number of aldehydes is 1. The molecule has 1 aromatic carbocycles. The van der Waals surface area contributed by atoms with E-state index in [0.29, 0.717) is 16.8 Å². The van der Waals surface area contributed by atoms with E-state index < -0.39 is 0 Å². The van der Waals surface area contributed by atoms with Gasteiger partial charge in [-0.15, -0.1) is 0 Å². The monoisotopic (exact) mass is 246 g/mol. The summed E-state index contributed by atoms with van der Waals surface area (Å²) in [6.07, 6.45) is 4.53. The van der Waals surface area contributed by atoms with Crippen LogP contribution in [0.15, 0.2) is 30.5 Å². The Bertz CT molecular complexity index is 548. The van der Waals surface area contributed by atoms with Crippen molar-refractivity contribution in [3.63, 3.8) is 0 Å². The second kappa shape index (κ2) is 5.58. The van der Waals surface area contributed by atoms with Crippen molar-refractivity contribution in [2.24, 2.45) is 0 Å². The lowest BCUT2D eigenvalue weighted by Gasteiger charge is -1.99. The van der Waals surface area contributed by atoms with E-state index in [1.54, 1.807) is 23.0 Å². The van der Waals surface area contributed by atoms with Gasteiger partial charge in [0.25, 0.3) is 0 Å². The summed E-state index contributed by atoms with van der Waals surface area (Å²) in [6, 6.07) is 6.13. The van der Waals surface area contributed by atoms with Crippen LogP contribution in [0, 0.1) is 5.82 Å². The first-order valence-electron chi connectivity index (χ1n) is 6.03. The lowest BCUT2D eigenvalue weighted by atomic mass is 10.1. The predicted molar refractivity (Wildman–Crippen MR) is 67.9 cm³/mol. The number of rotatable bonds is 5. The van der Waals surface area contributed by atoms with Gasteiger partial charge in [-0.1, -0.05) is 25.5 Å². The number of hydrogen-bond acceptors (Lipinski definition) is 2. The van der Waals surface area contributed by atoms with Crippen LogP contribution in [0.5, 0.6) is 0 Å². The van der Waals surface area contributed by atoms with Crippen LogP contribution in [0.1, 0.15) is 30.1 Å². The van der Waals surface area contributed by atoms with Gasteiger partial charge >= 0.3 is 0 Å². The molecule has 94 valence electrons. The molecule has 3 nitrogen and oxygen atoms in total. The average molecular weight is 246 g/mol. The number of aryl methyl sites for hydroxylation is 1.